The van der Waals surface area contributed by atoms with Crippen LogP contribution < -0.4 is 0 Å². The zero-order valence-corrected chi connectivity index (χ0v) is 13.9. The molecule has 1 saturated heterocycles. The summed E-state index contributed by atoms with van der Waals surface area (Å²) < 4.78 is 1.86. The van der Waals surface area contributed by atoms with Crippen LogP contribution >= 0.6 is 0 Å². The maximum absolute atomic E-state index is 12.5. The predicted molar refractivity (Wildman–Crippen MR) is 85.7 cm³/mol. The molecule has 1 aromatic heterocycles. The van der Waals surface area contributed by atoms with Gasteiger partial charge in [0.2, 0.25) is 5.91 Å². The van der Waals surface area contributed by atoms with E-state index in [1.165, 1.54) is 12.8 Å². The molecule has 0 radical (unpaired) electrons. The molecule has 23 heavy (non-hydrogen) atoms. The third-order valence-electron chi connectivity index (χ3n) is 4.98. The monoisotopic (exact) mass is 321 g/mol. The highest BCUT2D eigenvalue weighted by Gasteiger charge is 2.33. The van der Waals surface area contributed by atoms with Gasteiger partial charge in [0.1, 0.15) is 12.2 Å². The third-order valence-corrected chi connectivity index (χ3v) is 4.98. The van der Waals surface area contributed by atoms with Gasteiger partial charge in [-0.3, -0.25) is 9.69 Å². The second kappa shape index (κ2) is 7.40. The minimum Gasteiger partial charge on any atom is -0.396 e. The summed E-state index contributed by atoms with van der Waals surface area (Å²) >= 11 is 0. The fourth-order valence-electron chi connectivity index (χ4n) is 3.33. The normalized spacial score (nSPS) is 22.5. The average molecular weight is 321 g/mol. The van der Waals surface area contributed by atoms with Gasteiger partial charge in [-0.05, 0) is 25.2 Å². The minimum absolute atomic E-state index is 0.182. The lowest BCUT2D eigenvalue weighted by atomic mass is 10.1. The standard InChI is InChI=1S/C16H27N5O2/c1-19-12-17-18-15(19)4-5-16(23)21-8-7-20(10-13-2-3-13)14(11-21)6-9-22/h12-14,22H,2-11H2,1H3. The summed E-state index contributed by atoms with van der Waals surface area (Å²) in [5.41, 5.74) is 0. The Bertz CT molecular complexity index is 528. The van der Waals surface area contributed by atoms with E-state index in [-0.39, 0.29) is 12.5 Å². The second-order valence-corrected chi connectivity index (χ2v) is 6.80. The van der Waals surface area contributed by atoms with Crippen molar-refractivity contribution in [3.63, 3.8) is 0 Å². The number of piperazine rings is 1. The zero-order valence-electron chi connectivity index (χ0n) is 13.9. The van der Waals surface area contributed by atoms with Crippen molar-refractivity contribution in [2.75, 3.05) is 32.8 Å². The average Bonchev–Trinajstić information content (AvgIpc) is 3.27. The number of aliphatic hydroxyl groups is 1. The van der Waals surface area contributed by atoms with Crippen molar-refractivity contribution < 1.29 is 9.90 Å². The Morgan fingerprint density at radius 2 is 2.22 bits per heavy atom. The molecule has 0 bridgehead atoms. The molecule has 1 unspecified atom stereocenters. The van der Waals surface area contributed by atoms with E-state index in [2.05, 4.69) is 15.1 Å². The van der Waals surface area contributed by atoms with Crippen molar-refractivity contribution in [3.05, 3.63) is 12.2 Å². The van der Waals surface area contributed by atoms with E-state index in [1.807, 2.05) is 16.5 Å². The fraction of sp³-hybridized carbons (Fsp3) is 0.812. The van der Waals surface area contributed by atoms with Crippen molar-refractivity contribution in [1.82, 2.24) is 24.6 Å². The molecule has 2 fully saturated rings. The largest absolute Gasteiger partial charge is 0.396 e. The van der Waals surface area contributed by atoms with Gasteiger partial charge in [-0.2, -0.15) is 0 Å². The van der Waals surface area contributed by atoms with Crippen LogP contribution in [-0.4, -0.2) is 74.4 Å². The number of rotatable bonds is 7. The van der Waals surface area contributed by atoms with E-state index in [0.717, 1.165) is 44.3 Å². The highest BCUT2D eigenvalue weighted by atomic mass is 16.3. The van der Waals surface area contributed by atoms with Crippen molar-refractivity contribution in [2.24, 2.45) is 13.0 Å². The van der Waals surface area contributed by atoms with E-state index in [0.29, 0.717) is 18.9 Å². The summed E-state index contributed by atoms with van der Waals surface area (Å²) in [6.07, 6.45) is 6.18. The Balaban J connectivity index is 1.51. The highest BCUT2D eigenvalue weighted by Crippen LogP contribution is 2.31. The summed E-state index contributed by atoms with van der Waals surface area (Å²) in [5, 5.41) is 17.2. The van der Waals surface area contributed by atoms with Crippen LogP contribution in [0.3, 0.4) is 0 Å². The first-order chi connectivity index (χ1) is 11.2. The lowest BCUT2D eigenvalue weighted by Crippen LogP contribution is -2.55. The van der Waals surface area contributed by atoms with E-state index in [9.17, 15) is 9.90 Å². The number of hydrogen-bond donors (Lipinski definition) is 1. The van der Waals surface area contributed by atoms with E-state index in [1.54, 1.807) is 6.33 Å². The summed E-state index contributed by atoms with van der Waals surface area (Å²) in [5.74, 6) is 1.87. The zero-order chi connectivity index (χ0) is 16.2. The second-order valence-electron chi connectivity index (χ2n) is 6.80. The Hall–Kier alpha value is -1.47. The van der Waals surface area contributed by atoms with Gasteiger partial charge in [0, 0.05) is 58.7 Å². The number of carbonyl (C=O) groups is 1. The number of carbonyl (C=O) groups excluding carboxylic acids is 1. The van der Waals surface area contributed by atoms with Crippen molar-refractivity contribution in [1.29, 1.82) is 0 Å². The van der Waals surface area contributed by atoms with Gasteiger partial charge in [0.05, 0.1) is 0 Å². The lowest BCUT2D eigenvalue weighted by Gasteiger charge is -2.41. The quantitative estimate of drug-likeness (QED) is 0.768. The molecule has 0 aromatic carbocycles. The van der Waals surface area contributed by atoms with Gasteiger partial charge >= 0.3 is 0 Å². The Labute approximate surface area is 137 Å². The molecule has 1 aliphatic carbocycles. The summed E-state index contributed by atoms with van der Waals surface area (Å²) in [6, 6.07) is 0.299. The molecule has 1 aliphatic heterocycles. The third kappa shape index (κ3) is 4.29. The maximum Gasteiger partial charge on any atom is 0.223 e. The van der Waals surface area contributed by atoms with Crippen molar-refractivity contribution in [2.45, 2.75) is 38.1 Å². The molecule has 7 heteroatoms. The van der Waals surface area contributed by atoms with Crippen LogP contribution in [0.2, 0.25) is 0 Å². The van der Waals surface area contributed by atoms with E-state index in [4.69, 9.17) is 0 Å². The first-order valence-corrected chi connectivity index (χ1v) is 8.63. The maximum atomic E-state index is 12.5. The molecule has 1 aromatic rings. The molecule has 1 amide bonds. The fourth-order valence-corrected chi connectivity index (χ4v) is 3.33. The van der Waals surface area contributed by atoms with Crippen LogP contribution in [0.4, 0.5) is 0 Å². The topological polar surface area (TPSA) is 74.5 Å². The van der Waals surface area contributed by atoms with Gasteiger partial charge in [0.15, 0.2) is 0 Å². The number of aliphatic hydroxyl groups excluding tert-OH is 1. The van der Waals surface area contributed by atoms with E-state index < -0.39 is 0 Å². The predicted octanol–water partition coefficient (Wildman–Crippen LogP) is 0.0529. The van der Waals surface area contributed by atoms with Gasteiger partial charge < -0.3 is 14.6 Å². The number of aromatic nitrogens is 3. The van der Waals surface area contributed by atoms with Crippen LogP contribution in [0, 0.1) is 5.92 Å². The van der Waals surface area contributed by atoms with Crippen LogP contribution in [0.15, 0.2) is 6.33 Å². The number of nitrogens with zero attached hydrogens (tertiary/aromatic N) is 5. The number of amides is 1. The van der Waals surface area contributed by atoms with Crippen LogP contribution in [-0.2, 0) is 18.3 Å². The molecule has 1 N–H and O–H groups in total. The molecule has 7 nitrogen and oxygen atoms in total. The first kappa shape index (κ1) is 16.4. The molecule has 1 saturated carbocycles. The van der Waals surface area contributed by atoms with Crippen LogP contribution in [0.1, 0.15) is 31.5 Å². The number of aryl methyl sites for hydroxylation is 2. The molecule has 2 aliphatic rings. The molecule has 2 heterocycles. The van der Waals surface area contributed by atoms with Crippen molar-refractivity contribution >= 4 is 5.91 Å². The molecule has 128 valence electrons. The summed E-state index contributed by atoms with van der Waals surface area (Å²) in [7, 11) is 1.90. The molecule has 0 spiro atoms. The Morgan fingerprint density at radius 3 is 2.87 bits per heavy atom. The summed E-state index contributed by atoms with van der Waals surface area (Å²) in [6.45, 7) is 3.78. The van der Waals surface area contributed by atoms with Gasteiger partial charge in [-0.1, -0.05) is 0 Å². The molecule has 1 atom stereocenters. The van der Waals surface area contributed by atoms with Crippen LogP contribution in [0.5, 0.6) is 0 Å². The Kier molecular flexibility index (Phi) is 5.27. The SMILES string of the molecule is Cn1cnnc1CCC(=O)N1CCN(CC2CC2)C(CCO)C1. The molecular weight excluding hydrogens is 294 g/mol. The minimum atomic E-state index is 0.182. The molecule has 3 rings (SSSR count). The first-order valence-electron chi connectivity index (χ1n) is 8.63. The summed E-state index contributed by atoms with van der Waals surface area (Å²) in [4.78, 5) is 16.9. The molecular formula is C16H27N5O2. The van der Waals surface area contributed by atoms with Crippen LogP contribution in [0.25, 0.3) is 0 Å². The smallest absolute Gasteiger partial charge is 0.223 e. The highest BCUT2D eigenvalue weighted by molar-refractivity contribution is 5.76. The van der Waals surface area contributed by atoms with Crippen molar-refractivity contribution in [3.8, 4) is 0 Å². The number of hydrogen-bond acceptors (Lipinski definition) is 5. The lowest BCUT2D eigenvalue weighted by molar-refractivity contribution is -0.134. The van der Waals surface area contributed by atoms with Gasteiger partial charge in [-0.15, -0.1) is 10.2 Å². The Morgan fingerprint density at radius 1 is 1.39 bits per heavy atom. The van der Waals surface area contributed by atoms with Gasteiger partial charge in [-0.25, -0.2) is 0 Å². The van der Waals surface area contributed by atoms with Gasteiger partial charge in [0.25, 0.3) is 0 Å². The van der Waals surface area contributed by atoms with E-state index >= 15 is 0 Å².